The van der Waals surface area contributed by atoms with Crippen LogP contribution >= 0.6 is 0 Å². The van der Waals surface area contributed by atoms with E-state index in [0.717, 1.165) is 12.8 Å². The number of piperidine rings is 1. The molecule has 0 spiro atoms. The zero-order chi connectivity index (χ0) is 15.3. The van der Waals surface area contributed by atoms with Crippen LogP contribution in [0.25, 0.3) is 0 Å². The number of hydrogen-bond acceptors (Lipinski definition) is 4. The topological polar surface area (TPSA) is 55.8 Å². The predicted molar refractivity (Wildman–Crippen MR) is 76.4 cm³/mol. The summed E-state index contributed by atoms with van der Waals surface area (Å²) in [6, 6.07) is 0.0954. The van der Waals surface area contributed by atoms with Crippen LogP contribution in [0.5, 0.6) is 0 Å². The zero-order valence-electron chi connectivity index (χ0n) is 13.3. The van der Waals surface area contributed by atoms with E-state index < -0.39 is 5.60 Å². The van der Waals surface area contributed by atoms with Crippen molar-refractivity contribution >= 4 is 12.1 Å². The van der Waals surface area contributed by atoms with Crippen LogP contribution in [0.1, 0.15) is 53.9 Å². The van der Waals surface area contributed by atoms with Crippen molar-refractivity contribution in [1.29, 1.82) is 0 Å². The van der Waals surface area contributed by atoms with Crippen LogP contribution in [0.4, 0.5) is 4.79 Å². The Hall–Kier alpha value is -1.26. The monoisotopic (exact) mass is 285 g/mol. The first-order valence-corrected chi connectivity index (χ1v) is 7.38. The summed E-state index contributed by atoms with van der Waals surface area (Å²) in [4.78, 5) is 25.3. The minimum atomic E-state index is -0.474. The third-order valence-electron chi connectivity index (χ3n) is 3.37. The van der Waals surface area contributed by atoms with E-state index >= 15 is 0 Å². The summed E-state index contributed by atoms with van der Waals surface area (Å²) in [5.41, 5.74) is -0.474. The van der Waals surface area contributed by atoms with Crippen LogP contribution in [0.15, 0.2) is 0 Å². The molecule has 20 heavy (non-hydrogen) atoms. The largest absolute Gasteiger partial charge is 0.466 e. The fourth-order valence-electron chi connectivity index (χ4n) is 2.50. The van der Waals surface area contributed by atoms with Crippen LogP contribution < -0.4 is 0 Å². The molecule has 0 unspecified atom stereocenters. The predicted octanol–water partition coefficient (Wildman–Crippen LogP) is 2.98. The third kappa shape index (κ3) is 5.39. The first-order valence-electron chi connectivity index (χ1n) is 7.38. The van der Waals surface area contributed by atoms with Gasteiger partial charge in [-0.25, -0.2) is 4.79 Å². The van der Waals surface area contributed by atoms with Crippen molar-refractivity contribution in [1.82, 2.24) is 4.90 Å². The van der Waals surface area contributed by atoms with Gasteiger partial charge in [-0.15, -0.1) is 0 Å². The molecule has 1 rings (SSSR count). The molecule has 0 aliphatic carbocycles. The second-order valence-electron chi connectivity index (χ2n) is 6.42. The standard InChI is InChI=1S/C15H27NO4/c1-6-19-13(17)10-12-7-8-16(11(2)9-12)14(18)20-15(3,4)5/h11-12H,6-10H2,1-5H3/t11-,12-/m0/s1. The Morgan fingerprint density at radius 1 is 1.30 bits per heavy atom. The van der Waals surface area contributed by atoms with Crippen molar-refractivity contribution in [3.05, 3.63) is 0 Å². The van der Waals surface area contributed by atoms with Gasteiger partial charge in [-0.05, 0) is 53.4 Å². The Morgan fingerprint density at radius 2 is 1.95 bits per heavy atom. The van der Waals surface area contributed by atoms with Crippen molar-refractivity contribution in [3.63, 3.8) is 0 Å². The Kier molecular flexibility index (Phi) is 5.84. The molecule has 1 fully saturated rings. The van der Waals surface area contributed by atoms with Gasteiger partial charge in [0.15, 0.2) is 0 Å². The lowest BCUT2D eigenvalue weighted by Gasteiger charge is -2.38. The van der Waals surface area contributed by atoms with E-state index in [4.69, 9.17) is 9.47 Å². The number of ether oxygens (including phenoxy) is 2. The van der Waals surface area contributed by atoms with Gasteiger partial charge in [-0.3, -0.25) is 4.79 Å². The van der Waals surface area contributed by atoms with Crippen LogP contribution in [-0.4, -0.2) is 41.8 Å². The SMILES string of the molecule is CCOC(=O)C[C@H]1CCN(C(=O)OC(C)(C)C)[C@@H](C)C1. The highest BCUT2D eigenvalue weighted by molar-refractivity contribution is 5.70. The summed E-state index contributed by atoms with van der Waals surface area (Å²) in [6.07, 6.45) is 1.82. The van der Waals surface area contributed by atoms with Gasteiger partial charge in [-0.1, -0.05) is 0 Å². The summed E-state index contributed by atoms with van der Waals surface area (Å²) in [6.45, 7) is 10.5. The molecule has 1 aliphatic heterocycles. The van der Waals surface area contributed by atoms with Gasteiger partial charge in [0.2, 0.25) is 0 Å². The van der Waals surface area contributed by atoms with E-state index in [2.05, 4.69) is 0 Å². The van der Waals surface area contributed by atoms with Crippen molar-refractivity contribution in [2.75, 3.05) is 13.2 Å². The van der Waals surface area contributed by atoms with Crippen molar-refractivity contribution in [2.45, 2.75) is 65.5 Å². The lowest BCUT2D eigenvalue weighted by atomic mass is 9.89. The fraction of sp³-hybridized carbons (Fsp3) is 0.867. The molecule has 5 heteroatoms. The number of amides is 1. The van der Waals surface area contributed by atoms with E-state index in [9.17, 15) is 9.59 Å². The second kappa shape index (κ2) is 6.95. The number of carbonyl (C=O) groups is 2. The third-order valence-corrected chi connectivity index (χ3v) is 3.37. The maximum atomic E-state index is 12.1. The number of likely N-dealkylation sites (tertiary alicyclic amines) is 1. The summed E-state index contributed by atoms with van der Waals surface area (Å²) in [5, 5.41) is 0. The minimum absolute atomic E-state index is 0.0954. The van der Waals surface area contributed by atoms with Gasteiger partial charge >= 0.3 is 12.1 Å². The number of rotatable bonds is 3. The van der Waals surface area contributed by atoms with E-state index in [1.165, 1.54) is 0 Å². The van der Waals surface area contributed by atoms with E-state index in [1.807, 2.05) is 34.6 Å². The van der Waals surface area contributed by atoms with Gasteiger partial charge in [0.25, 0.3) is 0 Å². The molecule has 0 radical (unpaired) electrons. The summed E-state index contributed by atoms with van der Waals surface area (Å²) >= 11 is 0. The number of nitrogens with zero attached hydrogens (tertiary/aromatic N) is 1. The summed E-state index contributed by atoms with van der Waals surface area (Å²) < 4.78 is 10.4. The molecule has 0 aromatic carbocycles. The van der Waals surface area contributed by atoms with Gasteiger partial charge in [0.05, 0.1) is 6.61 Å². The molecule has 2 atom stereocenters. The normalized spacial score (nSPS) is 23.4. The van der Waals surface area contributed by atoms with Crippen LogP contribution in [0.2, 0.25) is 0 Å². The molecular formula is C15H27NO4. The molecule has 1 saturated heterocycles. The Morgan fingerprint density at radius 3 is 2.45 bits per heavy atom. The maximum absolute atomic E-state index is 12.1. The Bertz CT molecular complexity index is 348. The number of esters is 1. The van der Waals surface area contributed by atoms with Crippen LogP contribution in [0, 0.1) is 5.92 Å². The fourth-order valence-corrected chi connectivity index (χ4v) is 2.50. The quantitative estimate of drug-likeness (QED) is 0.748. The molecule has 116 valence electrons. The molecule has 1 heterocycles. The average molecular weight is 285 g/mol. The van der Waals surface area contributed by atoms with Gasteiger partial charge in [-0.2, -0.15) is 0 Å². The molecule has 0 bridgehead atoms. The molecule has 0 aromatic heterocycles. The molecular weight excluding hydrogens is 258 g/mol. The highest BCUT2D eigenvalue weighted by Crippen LogP contribution is 2.27. The van der Waals surface area contributed by atoms with Crippen molar-refractivity contribution < 1.29 is 19.1 Å². The van der Waals surface area contributed by atoms with Crippen LogP contribution in [0.3, 0.4) is 0 Å². The lowest BCUT2D eigenvalue weighted by Crippen LogP contribution is -2.47. The molecule has 1 amide bonds. The van der Waals surface area contributed by atoms with E-state index in [-0.39, 0.29) is 18.1 Å². The first kappa shape index (κ1) is 16.8. The number of carbonyl (C=O) groups excluding carboxylic acids is 2. The minimum Gasteiger partial charge on any atom is -0.466 e. The van der Waals surface area contributed by atoms with Crippen molar-refractivity contribution in [3.8, 4) is 0 Å². The smallest absolute Gasteiger partial charge is 0.410 e. The van der Waals surface area contributed by atoms with E-state index in [0.29, 0.717) is 25.5 Å². The summed E-state index contributed by atoms with van der Waals surface area (Å²) in [7, 11) is 0. The molecule has 0 aromatic rings. The second-order valence-corrected chi connectivity index (χ2v) is 6.42. The maximum Gasteiger partial charge on any atom is 0.410 e. The lowest BCUT2D eigenvalue weighted by molar-refractivity contribution is -0.144. The van der Waals surface area contributed by atoms with Gasteiger partial charge < -0.3 is 14.4 Å². The zero-order valence-corrected chi connectivity index (χ0v) is 13.3. The Balaban J connectivity index is 2.47. The Labute approximate surface area is 121 Å². The van der Waals surface area contributed by atoms with Crippen molar-refractivity contribution in [2.24, 2.45) is 5.92 Å². The highest BCUT2D eigenvalue weighted by Gasteiger charge is 2.32. The number of hydrogen-bond donors (Lipinski definition) is 0. The first-order chi connectivity index (χ1) is 9.23. The summed E-state index contributed by atoms with van der Waals surface area (Å²) in [5.74, 6) is 0.151. The highest BCUT2D eigenvalue weighted by atomic mass is 16.6. The average Bonchev–Trinajstić information content (AvgIpc) is 2.26. The van der Waals surface area contributed by atoms with E-state index in [1.54, 1.807) is 4.90 Å². The molecule has 1 aliphatic rings. The van der Waals surface area contributed by atoms with Gasteiger partial charge in [0, 0.05) is 19.0 Å². The molecule has 0 N–H and O–H groups in total. The molecule has 0 saturated carbocycles. The van der Waals surface area contributed by atoms with Gasteiger partial charge in [0.1, 0.15) is 5.60 Å². The van der Waals surface area contributed by atoms with Crippen LogP contribution in [-0.2, 0) is 14.3 Å². The molecule has 5 nitrogen and oxygen atoms in total.